The number of aromatic nitrogens is 1. The third-order valence-corrected chi connectivity index (χ3v) is 6.67. The first-order chi connectivity index (χ1) is 16.2. The molecular formula is C29H28N2O2. The maximum Gasteiger partial charge on any atom is 0.338 e. The summed E-state index contributed by atoms with van der Waals surface area (Å²) in [6.07, 6.45) is 2.22. The molecule has 4 nitrogen and oxygen atoms in total. The molecule has 5 rings (SSSR count). The molecule has 166 valence electrons. The smallest absolute Gasteiger partial charge is 0.338 e. The number of carbonyl (C=O) groups excluding carboxylic acids is 1. The summed E-state index contributed by atoms with van der Waals surface area (Å²) in [6.45, 7) is 2.65. The van der Waals surface area contributed by atoms with Crippen LogP contribution in [0, 0.1) is 0 Å². The summed E-state index contributed by atoms with van der Waals surface area (Å²) in [5.74, 6) is 0.283. The van der Waals surface area contributed by atoms with Gasteiger partial charge in [-0.1, -0.05) is 78.9 Å². The standard InChI is InChI=1S/C29H28N2O2/c1-33-29(32)27-24-14-8-9-15-26(24)30-28(23-12-6-3-7-13-23)25(27)20-31-18-16-22(17-19-31)21-10-4-2-5-11-21/h2-15,22H,16-20H2,1H3. The molecule has 1 aliphatic heterocycles. The maximum atomic E-state index is 13.0. The summed E-state index contributed by atoms with van der Waals surface area (Å²) >= 11 is 0. The van der Waals surface area contributed by atoms with Crippen LogP contribution in [0.3, 0.4) is 0 Å². The number of fused-ring (bicyclic) bond motifs is 1. The molecule has 3 aromatic carbocycles. The van der Waals surface area contributed by atoms with E-state index in [1.807, 2.05) is 42.5 Å². The van der Waals surface area contributed by atoms with Gasteiger partial charge in [0.25, 0.3) is 0 Å². The zero-order chi connectivity index (χ0) is 22.6. The highest BCUT2D eigenvalue weighted by Crippen LogP contribution is 2.34. The van der Waals surface area contributed by atoms with Gasteiger partial charge in [-0.3, -0.25) is 4.90 Å². The number of para-hydroxylation sites is 1. The number of benzene rings is 3. The molecule has 0 radical (unpaired) electrons. The van der Waals surface area contributed by atoms with E-state index in [-0.39, 0.29) is 5.97 Å². The summed E-state index contributed by atoms with van der Waals surface area (Å²) < 4.78 is 5.25. The Morgan fingerprint density at radius 2 is 1.55 bits per heavy atom. The predicted octanol–water partition coefficient (Wildman–Crippen LogP) is 6.07. The molecule has 1 aromatic heterocycles. The Bertz CT molecular complexity index is 1250. The van der Waals surface area contributed by atoms with Crippen molar-refractivity contribution in [3.05, 3.63) is 102 Å². The number of methoxy groups -OCH3 is 1. The molecule has 0 saturated carbocycles. The van der Waals surface area contributed by atoms with Crippen LogP contribution in [-0.4, -0.2) is 36.1 Å². The molecule has 4 heteroatoms. The quantitative estimate of drug-likeness (QED) is 0.356. The van der Waals surface area contributed by atoms with Crippen LogP contribution in [-0.2, 0) is 11.3 Å². The number of hydrogen-bond acceptors (Lipinski definition) is 4. The minimum atomic E-state index is -0.306. The molecule has 1 fully saturated rings. The maximum absolute atomic E-state index is 13.0. The second-order valence-corrected chi connectivity index (χ2v) is 8.65. The average Bonchev–Trinajstić information content (AvgIpc) is 2.89. The van der Waals surface area contributed by atoms with Crippen LogP contribution in [0.5, 0.6) is 0 Å². The summed E-state index contributed by atoms with van der Waals surface area (Å²) in [5, 5.41) is 0.846. The number of pyridine rings is 1. The number of rotatable bonds is 5. The van der Waals surface area contributed by atoms with Crippen LogP contribution in [0.25, 0.3) is 22.2 Å². The van der Waals surface area contributed by atoms with Crippen molar-refractivity contribution in [2.24, 2.45) is 0 Å². The fourth-order valence-electron chi connectivity index (χ4n) is 4.95. The molecule has 33 heavy (non-hydrogen) atoms. The minimum absolute atomic E-state index is 0.306. The van der Waals surface area contributed by atoms with Gasteiger partial charge in [0.1, 0.15) is 0 Å². The largest absolute Gasteiger partial charge is 0.465 e. The zero-order valence-electron chi connectivity index (χ0n) is 18.9. The van der Waals surface area contributed by atoms with Crippen molar-refractivity contribution < 1.29 is 9.53 Å². The molecule has 0 unspecified atom stereocenters. The van der Waals surface area contributed by atoms with Gasteiger partial charge in [-0.2, -0.15) is 0 Å². The van der Waals surface area contributed by atoms with Crippen LogP contribution < -0.4 is 0 Å². The van der Waals surface area contributed by atoms with Gasteiger partial charge in [-0.25, -0.2) is 9.78 Å². The van der Waals surface area contributed by atoms with E-state index in [0.29, 0.717) is 18.0 Å². The van der Waals surface area contributed by atoms with Gasteiger partial charge in [-0.15, -0.1) is 0 Å². The zero-order valence-corrected chi connectivity index (χ0v) is 18.9. The number of nitrogens with zero attached hydrogens (tertiary/aromatic N) is 2. The molecule has 0 spiro atoms. The van der Waals surface area contributed by atoms with E-state index in [9.17, 15) is 4.79 Å². The summed E-state index contributed by atoms with van der Waals surface area (Å²) in [5.41, 5.74) is 5.69. The van der Waals surface area contributed by atoms with E-state index in [4.69, 9.17) is 9.72 Å². The van der Waals surface area contributed by atoms with Crippen molar-refractivity contribution in [3.8, 4) is 11.3 Å². The Labute approximate surface area is 194 Å². The summed E-state index contributed by atoms with van der Waals surface area (Å²) in [6, 6.07) is 28.8. The van der Waals surface area contributed by atoms with Crippen molar-refractivity contribution in [2.45, 2.75) is 25.3 Å². The van der Waals surface area contributed by atoms with E-state index < -0.39 is 0 Å². The molecule has 4 aromatic rings. The van der Waals surface area contributed by atoms with Gasteiger partial charge in [-0.05, 0) is 43.5 Å². The first-order valence-electron chi connectivity index (χ1n) is 11.6. The molecule has 0 aliphatic carbocycles. The lowest BCUT2D eigenvalue weighted by Gasteiger charge is -2.33. The van der Waals surface area contributed by atoms with E-state index >= 15 is 0 Å². The molecule has 0 atom stereocenters. The van der Waals surface area contributed by atoms with Crippen LogP contribution in [0.1, 0.15) is 40.2 Å². The lowest BCUT2D eigenvalue weighted by Crippen LogP contribution is -2.33. The first kappa shape index (κ1) is 21.4. The minimum Gasteiger partial charge on any atom is -0.465 e. The third kappa shape index (κ3) is 4.39. The van der Waals surface area contributed by atoms with Gasteiger partial charge in [0.15, 0.2) is 0 Å². The number of piperidine rings is 1. The van der Waals surface area contributed by atoms with Gasteiger partial charge in [0.2, 0.25) is 0 Å². The number of likely N-dealkylation sites (tertiary alicyclic amines) is 1. The fourth-order valence-corrected chi connectivity index (χ4v) is 4.95. The molecule has 1 aliphatic rings. The van der Waals surface area contributed by atoms with E-state index in [1.165, 1.54) is 12.7 Å². The van der Waals surface area contributed by atoms with Gasteiger partial charge in [0.05, 0.1) is 23.9 Å². The molecule has 2 heterocycles. The summed E-state index contributed by atoms with van der Waals surface area (Å²) in [7, 11) is 1.45. The van der Waals surface area contributed by atoms with Crippen LogP contribution >= 0.6 is 0 Å². The Morgan fingerprint density at radius 3 is 2.24 bits per heavy atom. The number of ether oxygens (including phenoxy) is 1. The second kappa shape index (κ2) is 9.55. The highest BCUT2D eigenvalue weighted by atomic mass is 16.5. The predicted molar refractivity (Wildman–Crippen MR) is 132 cm³/mol. The lowest BCUT2D eigenvalue weighted by atomic mass is 9.89. The van der Waals surface area contributed by atoms with E-state index in [2.05, 4.69) is 47.4 Å². The Hall–Kier alpha value is -3.50. The Kier molecular flexibility index (Phi) is 6.18. The van der Waals surface area contributed by atoms with Gasteiger partial charge < -0.3 is 4.74 Å². The Balaban J connectivity index is 1.53. The van der Waals surface area contributed by atoms with Gasteiger partial charge >= 0.3 is 5.97 Å². The fraction of sp³-hybridized carbons (Fsp3) is 0.241. The summed E-state index contributed by atoms with van der Waals surface area (Å²) in [4.78, 5) is 20.5. The highest BCUT2D eigenvalue weighted by Gasteiger charge is 2.26. The highest BCUT2D eigenvalue weighted by molar-refractivity contribution is 6.06. The molecule has 0 bridgehead atoms. The van der Waals surface area contributed by atoms with Crippen molar-refractivity contribution in [1.29, 1.82) is 0 Å². The van der Waals surface area contributed by atoms with Crippen LogP contribution in [0.15, 0.2) is 84.9 Å². The Morgan fingerprint density at radius 1 is 0.909 bits per heavy atom. The lowest BCUT2D eigenvalue weighted by molar-refractivity contribution is 0.0600. The van der Waals surface area contributed by atoms with Crippen LogP contribution in [0.4, 0.5) is 0 Å². The molecule has 0 amide bonds. The molecular weight excluding hydrogens is 408 g/mol. The SMILES string of the molecule is COC(=O)c1c(CN2CCC(c3ccccc3)CC2)c(-c2ccccc2)nc2ccccc12. The number of hydrogen-bond donors (Lipinski definition) is 0. The monoisotopic (exact) mass is 436 g/mol. The third-order valence-electron chi connectivity index (χ3n) is 6.67. The van der Waals surface area contributed by atoms with E-state index in [1.54, 1.807) is 0 Å². The topological polar surface area (TPSA) is 42.4 Å². The first-order valence-corrected chi connectivity index (χ1v) is 11.6. The average molecular weight is 437 g/mol. The van der Waals surface area contributed by atoms with E-state index in [0.717, 1.165) is 53.7 Å². The van der Waals surface area contributed by atoms with Crippen molar-refractivity contribution >= 4 is 16.9 Å². The second-order valence-electron chi connectivity index (χ2n) is 8.65. The van der Waals surface area contributed by atoms with Crippen molar-refractivity contribution in [1.82, 2.24) is 9.88 Å². The molecule has 0 N–H and O–H groups in total. The van der Waals surface area contributed by atoms with Crippen molar-refractivity contribution in [2.75, 3.05) is 20.2 Å². The number of carbonyl (C=O) groups is 1. The number of esters is 1. The molecule has 1 saturated heterocycles. The van der Waals surface area contributed by atoms with Crippen molar-refractivity contribution in [3.63, 3.8) is 0 Å². The van der Waals surface area contributed by atoms with Crippen LogP contribution in [0.2, 0.25) is 0 Å². The van der Waals surface area contributed by atoms with Gasteiger partial charge in [0, 0.05) is 23.1 Å². The normalized spacial score (nSPS) is 14.9.